The summed E-state index contributed by atoms with van der Waals surface area (Å²) < 4.78 is 77.3. The van der Waals surface area contributed by atoms with E-state index in [9.17, 15) is 26.3 Å². The molecule has 0 aromatic carbocycles. The number of hydrogen-bond donors (Lipinski definition) is 2. The van der Waals surface area contributed by atoms with Crippen molar-refractivity contribution in [1.29, 1.82) is 0 Å². The summed E-state index contributed by atoms with van der Waals surface area (Å²) in [5.41, 5.74) is 5.12. The zero-order chi connectivity index (χ0) is 14.8. The van der Waals surface area contributed by atoms with Gasteiger partial charge in [-0.25, -0.2) is 0 Å². The first kappa shape index (κ1) is 15.1. The molecule has 1 aromatic heterocycles. The zero-order valence-corrected chi connectivity index (χ0v) is 9.30. The Kier molecular flexibility index (Phi) is 3.96. The molecule has 3 N–H and O–H groups in total. The van der Waals surface area contributed by atoms with E-state index >= 15 is 0 Å². The summed E-state index contributed by atoms with van der Waals surface area (Å²) in [4.78, 5) is 6.65. The first-order valence-electron chi connectivity index (χ1n) is 4.66. The smallest absolute Gasteiger partial charge is 0.434 e. The number of nitrogen functional groups attached to an aromatic ring is 1. The third kappa shape index (κ3) is 4.03. The van der Waals surface area contributed by atoms with E-state index in [1.54, 1.807) is 0 Å². The van der Waals surface area contributed by atoms with Gasteiger partial charge >= 0.3 is 12.4 Å². The molecule has 0 aliphatic carbocycles. The number of rotatable bonds is 3. The van der Waals surface area contributed by atoms with Gasteiger partial charge in [-0.2, -0.15) is 36.3 Å². The van der Waals surface area contributed by atoms with E-state index in [-0.39, 0.29) is 5.82 Å². The first-order valence-corrected chi connectivity index (χ1v) is 4.66. The van der Waals surface area contributed by atoms with Crippen molar-refractivity contribution in [2.45, 2.75) is 18.5 Å². The molecule has 19 heavy (non-hydrogen) atoms. The Morgan fingerprint density at radius 2 is 1.68 bits per heavy atom. The maximum Gasteiger partial charge on any atom is 0.434 e. The Morgan fingerprint density at radius 1 is 1.16 bits per heavy atom. The number of halogens is 6. The van der Waals surface area contributed by atoms with Crippen LogP contribution >= 0.6 is 0 Å². The molecule has 5 nitrogen and oxygen atoms in total. The van der Waals surface area contributed by atoms with Crippen molar-refractivity contribution in [3.05, 3.63) is 6.07 Å². The number of hydrogen-bond acceptors (Lipinski definition) is 5. The molecule has 0 aliphatic rings. The largest absolute Gasteiger partial charge is 0.455 e. The number of nitrogens with zero attached hydrogens (tertiary/aromatic N) is 2. The van der Waals surface area contributed by atoms with Crippen LogP contribution in [0, 0.1) is 0 Å². The van der Waals surface area contributed by atoms with Crippen LogP contribution in [0.2, 0.25) is 0 Å². The molecule has 1 heterocycles. The zero-order valence-electron chi connectivity index (χ0n) is 9.30. The van der Waals surface area contributed by atoms with E-state index in [1.165, 1.54) is 7.05 Å². The lowest BCUT2D eigenvalue weighted by molar-refractivity contribution is -0.300. The van der Waals surface area contributed by atoms with E-state index in [4.69, 9.17) is 5.73 Å². The second-order valence-electron chi connectivity index (χ2n) is 3.28. The Morgan fingerprint density at radius 3 is 2.11 bits per heavy atom. The minimum Gasteiger partial charge on any atom is -0.455 e. The van der Waals surface area contributed by atoms with E-state index in [0.717, 1.165) is 6.07 Å². The molecule has 0 unspecified atom stereocenters. The third-order valence-electron chi connectivity index (χ3n) is 1.81. The molecule has 0 spiro atoms. The summed E-state index contributed by atoms with van der Waals surface area (Å²) in [5, 5.41) is 2.39. The highest BCUT2D eigenvalue weighted by atomic mass is 19.4. The second-order valence-corrected chi connectivity index (χ2v) is 3.28. The van der Waals surface area contributed by atoms with Crippen LogP contribution < -0.4 is 15.8 Å². The molecule has 0 aliphatic heterocycles. The molecule has 0 radical (unpaired) electrons. The normalized spacial score (nSPS) is 12.6. The molecule has 1 aromatic rings. The van der Waals surface area contributed by atoms with Gasteiger partial charge in [0.05, 0.1) is 0 Å². The Bertz CT molecular complexity index is 432. The predicted octanol–water partition coefficient (Wildman–Crippen LogP) is 1.97. The molecule has 0 saturated heterocycles. The quantitative estimate of drug-likeness (QED) is 0.833. The fraction of sp³-hybridized carbons (Fsp3) is 0.500. The van der Waals surface area contributed by atoms with Crippen LogP contribution in [0.4, 0.5) is 38.1 Å². The summed E-state index contributed by atoms with van der Waals surface area (Å²) in [6.45, 7) is 0. The van der Waals surface area contributed by atoms with Crippen LogP contribution in [0.3, 0.4) is 0 Å². The Balaban J connectivity index is 3.07. The van der Waals surface area contributed by atoms with Crippen molar-refractivity contribution in [2.75, 3.05) is 18.1 Å². The molecule has 0 bridgehead atoms. The summed E-state index contributed by atoms with van der Waals surface area (Å²) in [6.07, 6.45) is -15.2. The highest BCUT2D eigenvalue weighted by Gasteiger charge is 2.59. The molecule has 108 valence electrons. The average Bonchev–Trinajstić information content (AvgIpc) is 2.22. The standard InChI is InChI=1S/C8H8F6N4O/c1-16-3-2-4(18-6(15)17-3)19-5(7(9,10)11)8(12,13)14/h2,5H,1H3,(H3,15,16,17,18). The van der Waals surface area contributed by atoms with Gasteiger partial charge in [-0.3, -0.25) is 0 Å². The Hall–Kier alpha value is -1.94. The number of ether oxygens (including phenoxy) is 1. The van der Waals surface area contributed by atoms with Gasteiger partial charge < -0.3 is 15.8 Å². The van der Waals surface area contributed by atoms with Crippen LogP contribution in [-0.4, -0.2) is 35.5 Å². The highest BCUT2D eigenvalue weighted by Crippen LogP contribution is 2.36. The van der Waals surface area contributed by atoms with Gasteiger partial charge in [0, 0.05) is 13.1 Å². The fourth-order valence-electron chi connectivity index (χ4n) is 1.07. The molecule has 11 heteroatoms. The topological polar surface area (TPSA) is 73.1 Å². The maximum absolute atomic E-state index is 12.2. The fourth-order valence-corrected chi connectivity index (χ4v) is 1.07. The van der Waals surface area contributed by atoms with Crippen molar-refractivity contribution in [1.82, 2.24) is 9.97 Å². The van der Waals surface area contributed by atoms with Crippen molar-refractivity contribution >= 4 is 11.8 Å². The van der Waals surface area contributed by atoms with Gasteiger partial charge in [0.15, 0.2) is 0 Å². The molecule has 0 saturated carbocycles. The SMILES string of the molecule is CNc1cc(OC(C(F)(F)F)C(F)(F)F)nc(N)n1. The molecule has 0 atom stereocenters. The third-order valence-corrected chi connectivity index (χ3v) is 1.81. The minimum absolute atomic E-state index is 0.0781. The average molecular weight is 290 g/mol. The van der Waals surface area contributed by atoms with E-state index in [2.05, 4.69) is 20.0 Å². The molecule has 0 fully saturated rings. The second kappa shape index (κ2) is 4.97. The number of anilines is 2. The summed E-state index contributed by atoms with van der Waals surface area (Å²) in [7, 11) is 1.34. The van der Waals surface area contributed by atoms with Gasteiger partial charge in [0.2, 0.25) is 11.8 Å². The number of aromatic nitrogens is 2. The van der Waals surface area contributed by atoms with Gasteiger partial charge in [-0.15, -0.1) is 0 Å². The highest BCUT2D eigenvalue weighted by molar-refractivity contribution is 5.42. The van der Waals surface area contributed by atoms with Crippen molar-refractivity contribution in [2.24, 2.45) is 0 Å². The van der Waals surface area contributed by atoms with Gasteiger partial charge in [0.25, 0.3) is 6.10 Å². The van der Waals surface area contributed by atoms with Crippen molar-refractivity contribution < 1.29 is 31.1 Å². The lowest BCUT2D eigenvalue weighted by atomic mass is 10.3. The summed E-state index contributed by atoms with van der Waals surface area (Å²) in [5.74, 6) is -1.54. The maximum atomic E-state index is 12.2. The van der Waals surface area contributed by atoms with Gasteiger partial charge in [-0.1, -0.05) is 0 Å². The van der Waals surface area contributed by atoms with Crippen LogP contribution in [0.5, 0.6) is 5.88 Å². The lowest BCUT2D eigenvalue weighted by Crippen LogP contribution is -2.46. The molecular formula is C8H8F6N4O. The van der Waals surface area contributed by atoms with Crippen LogP contribution in [0.1, 0.15) is 0 Å². The molecule has 1 rings (SSSR count). The minimum atomic E-state index is -5.63. The van der Waals surface area contributed by atoms with Crippen LogP contribution in [0.25, 0.3) is 0 Å². The molecular weight excluding hydrogens is 282 g/mol. The predicted molar refractivity (Wildman–Crippen MR) is 52.5 cm³/mol. The number of alkyl halides is 6. The lowest BCUT2D eigenvalue weighted by Gasteiger charge is -2.23. The summed E-state index contributed by atoms with van der Waals surface area (Å²) >= 11 is 0. The number of nitrogens with one attached hydrogen (secondary N) is 1. The monoisotopic (exact) mass is 290 g/mol. The van der Waals surface area contributed by atoms with Crippen molar-refractivity contribution in [3.8, 4) is 5.88 Å². The van der Waals surface area contributed by atoms with E-state index in [1.807, 2.05) is 0 Å². The first-order chi connectivity index (χ1) is 8.54. The molecule has 0 amide bonds. The van der Waals surface area contributed by atoms with Gasteiger partial charge in [0.1, 0.15) is 5.82 Å². The summed E-state index contributed by atoms with van der Waals surface area (Å²) in [6, 6.07) is 0.765. The van der Waals surface area contributed by atoms with E-state index < -0.39 is 30.3 Å². The van der Waals surface area contributed by atoms with Crippen molar-refractivity contribution in [3.63, 3.8) is 0 Å². The van der Waals surface area contributed by atoms with Crippen LogP contribution in [-0.2, 0) is 0 Å². The van der Waals surface area contributed by atoms with Gasteiger partial charge in [-0.05, 0) is 0 Å². The van der Waals surface area contributed by atoms with E-state index in [0.29, 0.717) is 0 Å². The Labute approximate surface area is 102 Å². The number of nitrogens with two attached hydrogens (primary N) is 1. The van der Waals surface area contributed by atoms with Crippen LogP contribution in [0.15, 0.2) is 6.07 Å².